The van der Waals surface area contributed by atoms with E-state index in [4.69, 9.17) is 4.74 Å². The molecule has 1 N–H and O–H groups in total. The molecule has 0 aromatic rings. The van der Waals surface area contributed by atoms with E-state index in [0.717, 1.165) is 31.8 Å². The average Bonchev–Trinajstić information content (AvgIpc) is 2.76. The summed E-state index contributed by atoms with van der Waals surface area (Å²) in [6.07, 6.45) is 7.12. The molecule has 0 bridgehead atoms. The third kappa shape index (κ3) is 2.76. The van der Waals surface area contributed by atoms with Gasteiger partial charge in [-0.05, 0) is 52.6 Å². The van der Waals surface area contributed by atoms with Crippen LogP contribution in [-0.2, 0) is 4.74 Å². The topological polar surface area (TPSA) is 24.5 Å². The van der Waals surface area contributed by atoms with Crippen LogP contribution in [-0.4, -0.2) is 49.8 Å². The van der Waals surface area contributed by atoms with Gasteiger partial charge in [0.05, 0.1) is 12.7 Å². The van der Waals surface area contributed by atoms with Gasteiger partial charge < -0.3 is 10.1 Å². The fourth-order valence-corrected chi connectivity index (χ4v) is 3.24. The summed E-state index contributed by atoms with van der Waals surface area (Å²) >= 11 is 0. The van der Waals surface area contributed by atoms with Gasteiger partial charge in [0.15, 0.2) is 0 Å². The number of fused-ring (bicyclic) bond motifs is 1. The first kappa shape index (κ1) is 12.3. The minimum atomic E-state index is 0.542. The summed E-state index contributed by atoms with van der Waals surface area (Å²) < 4.78 is 5.85. The predicted octanol–water partition coefficient (Wildman–Crippen LogP) is 1.63. The average molecular weight is 226 g/mol. The van der Waals surface area contributed by atoms with E-state index >= 15 is 0 Å². The molecular weight excluding hydrogens is 200 g/mol. The van der Waals surface area contributed by atoms with Crippen molar-refractivity contribution >= 4 is 0 Å². The van der Waals surface area contributed by atoms with Crippen LogP contribution in [0.1, 0.15) is 39.0 Å². The lowest BCUT2D eigenvalue weighted by Crippen LogP contribution is -2.52. The highest BCUT2D eigenvalue weighted by atomic mass is 16.5. The van der Waals surface area contributed by atoms with Crippen molar-refractivity contribution in [2.24, 2.45) is 0 Å². The first-order chi connectivity index (χ1) is 7.83. The highest BCUT2D eigenvalue weighted by Gasteiger charge is 2.37. The molecule has 2 fully saturated rings. The molecule has 2 rings (SSSR count). The van der Waals surface area contributed by atoms with Crippen molar-refractivity contribution in [3.63, 3.8) is 0 Å². The number of hydrogen-bond donors (Lipinski definition) is 1. The minimum Gasteiger partial charge on any atom is -0.375 e. The number of rotatable bonds is 5. The second-order valence-corrected chi connectivity index (χ2v) is 5.24. The summed E-state index contributed by atoms with van der Waals surface area (Å²) in [7, 11) is 2.03. The lowest BCUT2D eigenvalue weighted by Gasteiger charge is -2.41. The molecule has 16 heavy (non-hydrogen) atoms. The van der Waals surface area contributed by atoms with Gasteiger partial charge >= 0.3 is 0 Å². The second-order valence-electron chi connectivity index (χ2n) is 5.24. The molecule has 1 saturated heterocycles. The summed E-state index contributed by atoms with van der Waals surface area (Å²) in [5.74, 6) is 0. The van der Waals surface area contributed by atoms with Crippen LogP contribution in [0.15, 0.2) is 0 Å². The van der Waals surface area contributed by atoms with Crippen molar-refractivity contribution in [2.45, 2.75) is 57.2 Å². The molecule has 1 heterocycles. The SMILES string of the molecule is CNCCCC(C)N1CCOC2CCCC21. The van der Waals surface area contributed by atoms with Crippen molar-refractivity contribution in [2.75, 3.05) is 26.7 Å². The largest absolute Gasteiger partial charge is 0.375 e. The highest BCUT2D eigenvalue weighted by molar-refractivity contribution is 4.91. The van der Waals surface area contributed by atoms with E-state index in [0.29, 0.717) is 6.10 Å². The summed E-state index contributed by atoms with van der Waals surface area (Å²) in [6, 6.07) is 1.45. The lowest BCUT2D eigenvalue weighted by molar-refractivity contribution is -0.0702. The molecule has 0 amide bonds. The van der Waals surface area contributed by atoms with E-state index in [1.165, 1.54) is 32.1 Å². The maximum Gasteiger partial charge on any atom is 0.0731 e. The van der Waals surface area contributed by atoms with Gasteiger partial charge in [-0.1, -0.05) is 0 Å². The Morgan fingerprint density at radius 2 is 2.31 bits per heavy atom. The Morgan fingerprint density at radius 1 is 1.44 bits per heavy atom. The predicted molar refractivity (Wildman–Crippen MR) is 66.7 cm³/mol. The van der Waals surface area contributed by atoms with Crippen LogP contribution in [0.4, 0.5) is 0 Å². The van der Waals surface area contributed by atoms with Crippen molar-refractivity contribution in [1.29, 1.82) is 0 Å². The zero-order valence-electron chi connectivity index (χ0n) is 10.7. The second kappa shape index (κ2) is 5.99. The Hall–Kier alpha value is -0.120. The summed E-state index contributed by atoms with van der Waals surface area (Å²) in [4.78, 5) is 2.71. The fraction of sp³-hybridized carbons (Fsp3) is 1.00. The van der Waals surface area contributed by atoms with Crippen molar-refractivity contribution < 1.29 is 4.74 Å². The smallest absolute Gasteiger partial charge is 0.0731 e. The number of morpholine rings is 1. The first-order valence-corrected chi connectivity index (χ1v) is 6.85. The van der Waals surface area contributed by atoms with Gasteiger partial charge in [-0.15, -0.1) is 0 Å². The van der Waals surface area contributed by atoms with E-state index in [9.17, 15) is 0 Å². The van der Waals surface area contributed by atoms with Crippen LogP contribution in [0.25, 0.3) is 0 Å². The molecule has 94 valence electrons. The minimum absolute atomic E-state index is 0.542. The Bertz CT molecular complexity index is 210. The molecule has 0 aromatic carbocycles. The number of hydrogen-bond acceptors (Lipinski definition) is 3. The standard InChI is InChI=1S/C13H26N2O/c1-11(5-4-8-14-2)15-9-10-16-13-7-3-6-12(13)15/h11-14H,3-10H2,1-2H3. The van der Waals surface area contributed by atoms with Crippen LogP contribution in [0, 0.1) is 0 Å². The molecule has 1 aliphatic heterocycles. The number of ether oxygens (including phenoxy) is 1. The maximum atomic E-state index is 5.85. The fourth-order valence-electron chi connectivity index (χ4n) is 3.24. The maximum absolute atomic E-state index is 5.85. The Morgan fingerprint density at radius 3 is 3.12 bits per heavy atom. The third-order valence-corrected chi connectivity index (χ3v) is 4.14. The van der Waals surface area contributed by atoms with Crippen LogP contribution in [0.2, 0.25) is 0 Å². The number of nitrogens with zero attached hydrogens (tertiary/aromatic N) is 1. The molecule has 0 radical (unpaired) electrons. The van der Waals surface area contributed by atoms with E-state index < -0.39 is 0 Å². The molecular formula is C13H26N2O. The monoisotopic (exact) mass is 226 g/mol. The zero-order chi connectivity index (χ0) is 11.4. The van der Waals surface area contributed by atoms with Gasteiger partial charge in [0.1, 0.15) is 0 Å². The van der Waals surface area contributed by atoms with Gasteiger partial charge in [0.25, 0.3) is 0 Å². The summed E-state index contributed by atoms with van der Waals surface area (Å²) in [5.41, 5.74) is 0. The molecule has 1 aliphatic carbocycles. The Kier molecular flexibility index (Phi) is 4.62. The van der Waals surface area contributed by atoms with Gasteiger partial charge in [0.2, 0.25) is 0 Å². The van der Waals surface area contributed by atoms with E-state index in [1.54, 1.807) is 0 Å². The Labute approximate surface area is 99.5 Å². The van der Waals surface area contributed by atoms with Crippen molar-refractivity contribution in [3.05, 3.63) is 0 Å². The molecule has 3 unspecified atom stereocenters. The van der Waals surface area contributed by atoms with Crippen LogP contribution < -0.4 is 5.32 Å². The first-order valence-electron chi connectivity index (χ1n) is 6.85. The number of nitrogens with one attached hydrogen (secondary N) is 1. The molecule has 2 aliphatic rings. The van der Waals surface area contributed by atoms with E-state index in [1.807, 2.05) is 7.05 Å². The third-order valence-electron chi connectivity index (χ3n) is 4.14. The summed E-state index contributed by atoms with van der Waals surface area (Å²) in [5, 5.41) is 3.23. The molecule has 0 spiro atoms. The van der Waals surface area contributed by atoms with Gasteiger partial charge in [-0.2, -0.15) is 0 Å². The van der Waals surface area contributed by atoms with Crippen LogP contribution >= 0.6 is 0 Å². The van der Waals surface area contributed by atoms with Crippen molar-refractivity contribution in [1.82, 2.24) is 10.2 Å². The molecule has 0 aromatic heterocycles. The molecule has 3 nitrogen and oxygen atoms in total. The lowest BCUT2D eigenvalue weighted by atomic mass is 10.0. The van der Waals surface area contributed by atoms with Gasteiger partial charge in [-0.25, -0.2) is 0 Å². The Balaban J connectivity index is 1.82. The zero-order valence-corrected chi connectivity index (χ0v) is 10.7. The van der Waals surface area contributed by atoms with E-state index in [2.05, 4.69) is 17.1 Å². The van der Waals surface area contributed by atoms with E-state index in [-0.39, 0.29) is 0 Å². The quantitative estimate of drug-likeness (QED) is 0.721. The normalized spacial score (nSPS) is 32.6. The van der Waals surface area contributed by atoms with Gasteiger partial charge in [-0.3, -0.25) is 4.90 Å². The molecule has 3 atom stereocenters. The van der Waals surface area contributed by atoms with Gasteiger partial charge in [0, 0.05) is 18.6 Å². The van der Waals surface area contributed by atoms with Crippen LogP contribution in [0.3, 0.4) is 0 Å². The highest BCUT2D eigenvalue weighted by Crippen LogP contribution is 2.31. The van der Waals surface area contributed by atoms with Crippen molar-refractivity contribution in [3.8, 4) is 0 Å². The summed E-state index contributed by atoms with van der Waals surface area (Å²) in [6.45, 7) is 5.61. The van der Waals surface area contributed by atoms with Crippen LogP contribution in [0.5, 0.6) is 0 Å². The molecule has 3 heteroatoms. The molecule has 1 saturated carbocycles.